The Kier molecular flexibility index (Phi) is 5.23. The number of anilines is 1. The second-order valence-corrected chi connectivity index (χ2v) is 6.35. The van der Waals surface area contributed by atoms with Crippen LogP contribution in [0.4, 0.5) is 5.69 Å². The third-order valence-electron chi connectivity index (χ3n) is 3.93. The van der Waals surface area contributed by atoms with E-state index in [2.05, 4.69) is 15.6 Å². The molecule has 0 fully saturated rings. The Morgan fingerprint density at radius 2 is 1.96 bits per heavy atom. The van der Waals surface area contributed by atoms with E-state index in [0.717, 1.165) is 16.8 Å². The third-order valence-corrected chi connectivity index (χ3v) is 4.09. The van der Waals surface area contributed by atoms with Crippen LogP contribution < -0.4 is 10.6 Å². The van der Waals surface area contributed by atoms with E-state index >= 15 is 0 Å². The van der Waals surface area contributed by atoms with E-state index in [1.54, 1.807) is 18.2 Å². The Balaban J connectivity index is 1.54. The molecular weight excluding hydrogens is 354 g/mol. The van der Waals surface area contributed by atoms with Gasteiger partial charge in [-0.1, -0.05) is 12.1 Å². The molecule has 6 nitrogen and oxygen atoms in total. The van der Waals surface area contributed by atoms with Gasteiger partial charge in [-0.25, -0.2) is 0 Å². The first-order valence-electron chi connectivity index (χ1n) is 8.14. The molecule has 1 heterocycles. The molecule has 2 amide bonds. The number of benzene rings is 2. The van der Waals surface area contributed by atoms with Crippen LogP contribution in [0.3, 0.4) is 0 Å². The maximum Gasteiger partial charge on any atom is 0.293 e. The van der Waals surface area contributed by atoms with Crippen molar-refractivity contribution < 1.29 is 14.0 Å². The number of halogens is 1. The topological polar surface area (TPSA) is 84.2 Å². The summed E-state index contributed by atoms with van der Waals surface area (Å²) in [6.45, 7) is 4.13. The quantitative estimate of drug-likeness (QED) is 0.713. The molecule has 0 aliphatic rings. The molecular formula is C19H18ClN3O3. The van der Waals surface area contributed by atoms with Crippen molar-refractivity contribution in [3.63, 3.8) is 0 Å². The minimum absolute atomic E-state index is 0.0284. The number of amides is 2. The zero-order chi connectivity index (χ0) is 18.7. The SMILES string of the molecule is Cc1ccc(C)c(NC(=O)CCNC(=O)c2ccc3oc(Cl)nc3c2)c1. The Morgan fingerprint density at radius 1 is 1.15 bits per heavy atom. The average Bonchev–Trinajstić information content (AvgIpc) is 2.97. The maximum atomic E-state index is 12.2. The summed E-state index contributed by atoms with van der Waals surface area (Å²) in [5.74, 6) is -0.441. The summed E-state index contributed by atoms with van der Waals surface area (Å²) in [7, 11) is 0. The second kappa shape index (κ2) is 7.58. The molecule has 0 saturated heterocycles. The van der Waals surface area contributed by atoms with E-state index in [1.807, 2.05) is 32.0 Å². The lowest BCUT2D eigenvalue weighted by atomic mass is 10.1. The average molecular weight is 372 g/mol. The number of hydrogen-bond acceptors (Lipinski definition) is 4. The predicted octanol–water partition coefficient (Wildman–Crippen LogP) is 3.86. The molecule has 0 saturated carbocycles. The van der Waals surface area contributed by atoms with Crippen LogP contribution in [-0.4, -0.2) is 23.3 Å². The highest BCUT2D eigenvalue weighted by molar-refractivity contribution is 6.28. The normalized spacial score (nSPS) is 10.7. The number of hydrogen-bond donors (Lipinski definition) is 2. The molecule has 7 heteroatoms. The van der Waals surface area contributed by atoms with Crippen molar-refractivity contribution in [2.45, 2.75) is 20.3 Å². The highest BCUT2D eigenvalue weighted by Gasteiger charge is 2.11. The number of fused-ring (bicyclic) bond motifs is 1. The van der Waals surface area contributed by atoms with Crippen LogP contribution in [0.5, 0.6) is 0 Å². The summed E-state index contributed by atoms with van der Waals surface area (Å²) in [4.78, 5) is 28.3. The number of oxazole rings is 1. The molecule has 26 heavy (non-hydrogen) atoms. The van der Waals surface area contributed by atoms with Gasteiger partial charge in [0.15, 0.2) is 5.58 Å². The lowest BCUT2D eigenvalue weighted by Gasteiger charge is -2.10. The van der Waals surface area contributed by atoms with Crippen molar-refractivity contribution in [2.75, 3.05) is 11.9 Å². The first-order valence-corrected chi connectivity index (χ1v) is 8.51. The van der Waals surface area contributed by atoms with E-state index in [1.165, 1.54) is 0 Å². The van der Waals surface area contributed by atoms with Crippen LogP contribution in [-0.2, 0) is 4.79 Å². The molecule has 0 atom stereocenters. The highest BCUT2D eigenvalue weighted by atomic mass is 35.5. The van der Waals surface area contributed by atoms with Crippen LogP contribution in [0.2, 0.25) is 5.35 Å². The van der Waals surface area contributed by atoms with Crippen molar-refractivity contribution in [3.05, 3.63) is 58.4 Å². The molecule has 2 aromatic carbocycles. The highest BCUT2D eigenvalue weighted by Crippen LogP contribution is 2.20. The van der Waals surface area contributed by atoms with Gasteiger partial charge in [-0.05, 0) is 60.8 Å². The molecule has 0 unspecified atom stereocenters. The Bertz CT molecular complexity index is 981. The zero-order valence-electron chi connectivity index (χ0n) is 14.4. The zero-order valence-corrected chi connectivity index (χ0v) is 15.2. The monoisotopic (exact) mass is 371 g/mol. The Hall–Kier alpha value is -2.86. The van der Waals surface area contributed by atoms with Crippen molar-refractivity contribution >= 4 is 40.2 Å². The van der Waals surface area contributed by atoms with Gasteiger partial charge in [-0.3, -0.25) is 9.59 Å². The molecule has 2 N–H and O–H groups in total. The fourth-order valence-corrected chi connectivity index (χ4v) is 2.69. The molecule has 0 spiro atoms. The number of aromatic nitrogens is 1. The summed E-state index contributed by atoms with van der Waals surface area (Å²) >= 11 is 5.70. The summed E-state index contributed by atoms with van der Waals surface area (Å²) in [5, 5.41) is 5.61. The van der Waals surface area contributed by atoms with Gasteiger partial charge in [0, 0.05) is 24.2 Å². The van der Waals surface area contributed by atoms with Crippen molar-refractivity contribution in [2.24, 2.45) is 0 Å². The largest absolute Gasteiger partial charge is 0.428 e. The van der Waals surface area contributed by atoms with E-state index < -0.39 is 0 Å². The molecule has 0 bridgehead atoms. The van der Waals surface area contributed by atoms with Gasteiger partial charge >= 0.3 is 0 Å². The Morgan fingerprint density at radius 3 is 2.77 bits per heavy atom. The first kappa shape index (κ1) is 17.9. The molecule has 0 radical (unpaired) electrons. The number of nitrogens with zero attached hydrogens (tertiary/aromatic N) is 1. The van der Waals surface area contributed by atoms with E-state index in [4.69, 9.17) is 16.0 Å². The summed E-state index contributed by atoms with van der Waals surface area (Å²) in [6.07, 6.45) is 0.178. The molecule has 3 rings (SSSR count). The number of rotatable bonds is 5. The fraction of sp³-hybridized carbons (Fsp3) is 0.211. The van der Waals surface area contributed by atoms with Crippen LogP contribution in [0.1, 0.15) is 27.9 Å². The summed E-state index contributed by atoms with van der Waals surface area (Å²) in [5.41, 5.74) is 4.30. The number of carbonyl (C=O) groups is 2. The molecule has 134 valence electrons. The van der Waals surface area contributed by atoms with Gasteiger partial charge in [0.25, 0.3) is 11.3 Å². The van der Waals surface area contributed by atoms with Gasteiger partial charge in [-0.15, -0.1) is 0 Å². The van der Waals surface area contributed by atoms with Crippen LogP contribution in [0, 0.1) is 13.8 Å². The van der Waals surface area contributed by atoms with Crippen molar-refractivity contribution in [1.29, 1.82) is 0 Å². The van der Waals surface area contributed by atoms with E-state index in [-0.39, 0.29) is 30.1 Å². The summed E-state index contributed by atoms with van der Waals surface area (Å²) in [6, 6.07) is 10.7. The molecule has 0 aliphatic carbocycles. The van der Waals surface area contributed by atoms with E-state index in [9.17, 15) is 9.59 Å². The van der Waals surface area contributed by atoms with Crippen molar-refractivity contribution in [3.8, 4) is 0 Å². The van der Waals surface area contributed by atoms with Crippen LogP contribution in [0.25, 0.3) is 11.1 Å². The van der Waals surface area contributed by atoms with Crippen molar-refractivity contribution in [1.82, 2.24) is 10.3 Å². The van der Waals surface area contributed by atoms with Gasteiger partial charge in [0.05, 0.1) is 0 Å². The maximum absolute atomic E-state index is 12.2. The van der Waals surface area contributed by atoms with E-state index in [0.29, 0.717) is 16.7 Å². The lowest BCUT2D eigenvalue weighted by molar-refractivity contribution is -0.116. The molecule has 0 aliphatic heterocycles. The molecule has 3 aromatic rings. The lowest BCUT2D eigenvalue weighted by Crippen LogP contribution is -2.27. The number of nitrogens with one attached hydrogen (secondary N) is 2. The number of carbonyl (C=O) groups excluding carboxylic acids is 2. The third kappa shape index (κ3) is 4.21. The smallest absolute Gasteiger partial charge is 0.293 e. The minimum Gasteiger partial charge on any atom is -0.428 e. The van der Waals surface area contributed by atoms with Gasteiger partial charge in [-0.2, -0.15) is 4.98 Å². The molecule has 1 aromatic heterocycles. The fourth-order valence-electron chi connectivity index (χ4n) is 2.52. The second-order valence-electron chi connectivity index (χ2n) is 6.02. The number of aryl methyl sites for hydroxylation is 2. The predicted molar refractivity (Wildman–Crippen MR) is 101 cm³/mol. The van der Waals surface area contributed by atoms with Gasteiger partial charge in [0.1, 0.15) is 5.52 Å². The Labute approximate surface area is 155 Å². The standard InChI is InChI=1S/C19H18ClN3O3/c1-11-3-4-12(2)14(9-11)22-17(24)7-8-21-18(25)13-5-6-16-15(10-13)23-19(20)26-16/h3-6,9-10H,7-8H2,1-2H3,(H,21,25)(H,22,24). The minimum atomic E-state index is -0.287. The summed E-state index contributed by atoms with van der Waals surface area (Å²) < 4.78 is 5.16. The van der Waals surface area contributed by atoms with Gasteiger partial charge < -0.3 is 15.1 Å². The first-order chi connectivity index (χ1) is 12.4. The van der Waals surface area contributed by atoms with Gasteiger partial charge in [0.2, 0.25) is 5.91 Å². The van der Waals surface area contributed by atoms with Crippen LogP contribution >= 0.6 is 11.6 Å². The van der Waals surface area contributed by atoms with Crippen LogP contribution in [0.15, 0.2) is 40.8 Å².